The summed E-state index contributed by atoms with van der Waals surface area (Å²) in [5, 5.41) is -0.150. The molecule has 0 bridgehead atoms. The summed E-state index contributed by atoms with van der Waals surface area (Å²) in [6.45, 7) is 6.20. The largest absolute Gasteiger partial charge is 0.462 e. The number of hydrogen-bond donors (Lipinski definition) is 0. The molecule has 21 heavy (non-hydrogen) atoms. The zero-order valence-corrected chi connectivity index (χ0v) is 14.8. The summed E-state index contributed by atoms with van der Waals surface area (Å²) in [7, 11) is 1.22. The summed E-state index contributed by atoms with van der Waals surface area (Å²) >= 11 is 11.7. The van der Waals surface area contributed by atoms with Gasteiger partial charge >= 0.3 is 5.97 Å². The molecule has 0 atom stereocenters. The molecule has 118 valence electrons. The van der Waals surface area contributed by atoms with Gasteiger partial charge in [0, 0.05) is 10.7 Å². The number of ether oxygens (including phenoxy) is 1. The van der Waals surface area contributed by atoms with E-state index in [-0.39, 0.29) is 32.5 Å². The van der Waals surface area contributed by atoms with Crippen LogP contribution in [-0.2, 0) is 13.8 Å². The highest BCUT2D eigenvalue weighted by molar-refractivity contribution is 8.13. The lowest BCUT2D eigenvalue weighted by atomic mass is 9.93. The van der Waals surface area contributed by atoms with Gasteiger partial charge in [-0.25, -0.2) is 13.2 Å². The minimum absolute atomic E-state index is 0.00302. The molecule has 0 heterocycles. The second-order valence-electron chi connectivity index (χ2n) is 5.65. The number of rotatable bonds is 4. The van der Waals surface area contributed by atoms with Gasteiger partial charge in [0.25, 0.3) is 9.05 Å². The number of carbonyl (C=O) groups excluding carboxylic acids is 1. The number of benzene rings is 1. The van der Waals surface area contributed by atoms with E-state index < -0.39 is 15.0 Å². The summed E-state index contributed by atoms with van der Waals surface area (Å²) in [5.41, 5.74) is -0.124. The minimum atomic E-state index is -4.02. The molecule has 8 heteroatoms. The SMILES string of the molecule is CC(C)(C)CCOC(=O)c1cc(S(=O)(=O)Cl)cc(Cl)c1Cl. The molecule has 0 amide bonds. The molecule has 0 aliphatic heterocycles. The fourth-order valence-electron chi connectivity index (χ4n) is 1.38. The van der Waals surface area contributed by atoms with Gasteiger partial charge in [-0.1, -0.05) is 44.0 Å². The average molecular weight is 374 g/mol. The van der Waals surface area contributed by atoms with Crippen molar-refractivity contribution in [1.29, 1.82) is 0 Å². The van der Waals surface area contributed by atoms with Gasteiger partial charge in [0.05, 0.1) is 27.1 Å². The van der Waals surface area contributed by atoms with Gasteiger partial charge in [0.15, 0.2) is 0 Å². The molecule has 0 aliphatic carbocycles. The van der Waals surface area contributed by atoms with E-state index in [0.29, 0.717) is 6.42 Å². The molecule has 0 saturated heterocycles. The van der Waals surface area contributed by atoms with Crippen molar-refractivity contribution in [3.63, 3.8) is 0 Å². The van der Waals surface area contributed by atoms with Crippen LogP contribution in [0.1, 0.15) is 37.6 Å². The highest BCUT2D eigenvalue weighted by Crippen LogP contribution is 2.31. The maximum Gasteiger partial charge on any atom is 0.339 e. The van der Waals surface area contributed by atoms with Crippen molar-refractivity contribution in [1.82, 2.24) is 0 Å². The smallest absolute Gasteiger partial charge is 0.339 e. The molecule has 1 rings (SSSR count). The van der Waals surface area contributed by atoms with Crippen LogP contribution in [0.15, 0.2) is 17.0 Å². The third-order valence-electron chi connectivity index (χ3n) is 2.59. The average Bonchev–Trinajstić information content (AvgIpc) is 2.29. The molecule has 0 unspecified atom stereocenters. The first-order valence-corrected chi connectivity index (χ1v) is 9.09. The van der Waals surface area contributed by atoms with Crippen molar-refractivity contribution in [2.45, 2.75) is 32.1 Å². The van der Waals surface area contributed by atoms with Gasteiger partial charge in [-0.3, -0.25) is 0 Å². The van der Waals surface area contributed by atoms with Crippen LogP contribution in [0, 0.1) is 5.41 Å². The highest BCUT2D eigenvalue weighted by atomic mass is 35.7. The van der Waals surface area contributed by atoms with Crippen LogP contribution in [0.2, 0.25) is 10.0 Å². The van der Waals surface area contributed by atoms with Gasteiger partial charge in [-0.15, -0.1) is 0 Å². The fraction of sp³-hybridized carbons (Fsp3) is 0.462. The Bertz CT molecular complexity index is 648. The van der Waals surface area contributed by atoms with E-state index in [2.05, 4.69) is 0 Å². The van der Waals surface area contributed by atoms with Crippen molar-refractivity contribution in [2.75, 3.05) is 6.61 Å². The van der Waals surface area contributed by atoms with Gasteiger partial charge < -0.3 is 4.74 Å². The number of esters is 1. The van der Waals surface area contributed by atoms with E-state index in [9.17, 15) is 13.2 Å². The standard InChI is InChI=1S/C13H15Cl3O4S/c1-13(2,3)4-5-20-12(17)9-6-8(21(16,18)19)7-10(14)11(9)15/h6-7H,4-5H2,1-3H3. The Morgan fingerprint density at radius 2 is 1.81 bits per heavy atom. The second-order valence-corrected chi connectivity index (χ2v) is 9.00. The van der Waals surface area contributed by atoms with Crippen molar-refractivity contribution >= 4 is 48.9 Å². The first-order chi connectivity index (χ1) is 9.42. The molecule has 0 aromatic heterocycles. The molecular weight excluding hydrogens is 359 g/mol. The van der Waals surface area contributed by atoms with E-state index in [0.717, 1.165) is 12.1 Å². The van der Waals surface area contributed by atoms with Gasteiger partial charge in [0.2, 0.25) is 0 Å². The van der Waals surface area contributed by atoms with E-state index in [1.54, 1.807) is 0 Å². The lowest BCUT2D eigenvalue weighted by molar-refractivity contribution is 0.0465. The number of carbonyl (C=O) groups is 1. The summed E-state index contributed by atoms with van der Waals surface area (Å²) in [4.78, 5) is 11.7. The van der Waals surface area contributed by atoms with E-state index in [1.165, 1.54) is 0 Å². The van der Waals surface area contributed by atoms with Gasteiger partial charge in [-0.05, 0) is 24.0 Å². The Morgan fingerprint density at radius 1 is 1.24 bits per heavy atom. The zero-order valence-electron chi connectivity index (χ0n) is 11.7. The van der Waals surface area contributed by atoms with Crippen LogP contribution >= 0.6 is 33.9 Å². The normalized spacial score (nSPS) is 12.3. The van der Waals surface area contributed by atoms with Gasteiger partial charge in [0.1, 0.15) is 0 Å². The quantitative estimate of drug-likeness (QED) is 0.575. The van der Waals surface area contributed by atoms with Gasteiger partial charge in [-0.2, -0.15) is 0 Å². The van der Waals surface area contributed by atoms with Crippen molar-refractivity contribution in [3.8, 4) is 0 Å². The highest BCUT2D eigenvalue weighted by Gasteiger charge is 2.21. The molecule has 0 radical (unpaired) electrons. The number of halogens is 3. The third-order valence-corrected chi connectivity index (χ3v) is 4.72. The summed E-state index contributed by atoms with van der Waals surface area (Å²) in [5.74, 6) is -0.742. The van der Waals surface area contributed by atoms with Crippen LogP contribution in [0.4, 0.5) is 0 Å². The predicted octanol–water partition coefficient (Wildman–Crippen LogP) is 4.51. The van der Waals surface area contributed by atoms with Crippen molar-refractivity contribution < 1.29 is 17.9 Å². The Hall–Kier alpha value is -0.490. The topological polar surface area (TPSA) is 60.4 Å². The van der Waals surface area contributed by atoms with Crippen LogP contribution in [0.25, 0.3) is 0 Å². The predicted molar refractivity (Wildman–Crippen MR) is 83.9 cm³/mol. The molecule has 1 aromatic rings. The molecule has 0 fully saturated rings. The van der Waals surface area contributed by atoms with Crippen LogP contribution < -0.4 is 0 Å². The maximum atomic E-state index is 12.0. The Kier molecular flexibility index (Phi) is 5.95. The fourth-order valence-corrected chi connectivity index (χ4v) is 2.64. The summed E-state index contributed by atoms with van der Waals surface area (Å²) in [6, 6.07) is 2.13. The lowest BCUT2D eigenvalue weighted by Crippen LogP contribution is -2.14. The second kappa shape index (κ2) is 6.73. The Morgan fingerprint density at radius 3 is 2.29 bits per heavy atom. The molecule has 4 nitrogen and oxygen atoms in total. The molecule has 0 saturated carbocycles. The van der Waals surface area contributed by atoms with E-state index in [4.69, 9.17) is 38.6 Å². The first kappa shape index (κ1) is 18.6. The maximum absolute atomic E-state index is 12.0. The summed E-state index contributed by atoms with van der Waals surface area (Å²) < 4.78 is 27.7. The summed E-state index contributed by atoms with van der Waals surface area (Å²) in [6.07, 6.45) is 0.650. The molecule has 0 spiro atoms. The van der Waals surface area contributed by atoms with E-state index in [1.807, 2.05) is 20.8 Å². The van der Waals surface area contributed by atoms with Crippen LogP contribution in [0.5, 0.6) is 0 Å². The Balaban J connectivity index is 3.02. The van der Waals surface area contributed by atoms with E-state index >= 15 is 0 Å². The monoisotopic (exact) mass is 372 g/mol. The minimum Gasteiger partial charge on any atom is -0.462 e. The molecule has 0 aliphatic rings. The van der Waals surface area contributed by atoms with Crippen LogP contribution in [0.3, 0.4) is 0 Å². The van der Waals surface area contributed by atoms with Crippen molar-refractivity contribution in [3.05, 3.63) is 27.7 Å². The Labute approximate surface area is 138 Å². The van der Waals surface area contributed by atoms with Crippen molar-refractivity contribution in [2.24, 2.45) is 5.41 Å². The first-order valence-electron chi connectivity index (χ1n) is 6.02. The molecule has 1 aromatic carbocycles. The molecule has 0 N–H and O–H groups in total. The third kappa shape index (κ3) is 5.66. The number of hydrogen-bond acceptors (Lipinski definition) is 4. The van der Waals surface area contributed by atoms with Crippen LogP contribution in [-0.4, -0.2) is 21.0 Å². The lowest BCUT2D eigenvalue weighted by Gasteiger charge is -2.17. The molecular formula is C13H15Cl3O4S. The zero-order chi connectivity index (χ0) is 16.4.